The molecule has 1 saturated heterocycles. The highest BCUT2D eigenvalue weighted by Crippen LogP contribution is 2.25. The monoisotopic (exact) mass is 382 g/mol. The first kappa shape index (κ1) is 18.7. The standard InChI is InChI=1S/C21H26N4O3/c1-28-18-4-2-9-25(14-18)20(26)16-5-6-19-17(12-16)13-24(21(19)27)10-3-8-23-11-7-22-15-23/h5-7,11-12,15,18H,2-4,8-10,13-14H2,1H3. The van der Waals surface area contributed by atoms with Gasteiger partial charge in [0, 0.05) is 63.4 Å². The average molecular weight is 382 g/mol. The summed E-state index contributed by atoms with van der Waals surface area (Å²) in [5.74, 6) is 0.0765. The quantitative estimate of drug-likeness (QED) is 0.768. The third-order valence-corrected chi connectivity index (χ3v) is 5.63. The van der Waals surface area contributed by atoms with E-state index >= 15 is 0 Å². The van der Waals surface area contributed by atoms with Crippen molar-refractivity contribution in [2.24, 2.45) is 0 Å². The summed E-state index contributed by atoms with van der Waals surface area (Å²) in [6.45, 7) is 3.48. The van der Waals surface area contributed by atoms with Gasteiger partial charge in [0.25, 0.3) is 11.8 Å². The number of imidazole rings is 1. The first-order chi connectivity index (χ1) is 13.7. The van der Waals surface area contributed by atoms with Crippen LogP contribution in [0.5, 0.6) is 0 Å². The average Bonchev–Trinajstić information content (AvgIpc) is 3.35. The molecule has 7 nitrogen and oxygen atoms in total. The van der Waals surface area contributed by atoms with Gasteiger partial charge >= 0.3 is 0 Å². The molecular formula is C21H26N4O3. The molecule has 4 rings (SSSR count). The van der Waals surface area contributed by atoms with Crippen molar-refractivity contribution in [2.45, 2.75) is 38.5 Å². The number of aryl methyl sites for hydroxylation is 1. The molecule has 0 radical (unpaired) electrons. The lowest BCUT2D eigenvalue weighted by atomic mass is 10.0. The van der Waals surface area contributed by atoms with Gasteiger partial charge in [0.15, 0.2) is 0 Å². The summed E-state index contributed by atoms with van der Waals surface area (Å²) >= 11 is 0. The molecule has 2 amide bonds. The zero-order chi connectivity index (χ0) is 19.5. The molecule has 0 bridgehead atoms. The topological polar surface area (TPSA) is 67.7 Å². The van der Waals surface area contributed by atoms with Gasteiger partial charge in [-0.25, -0.2) is 4.98 Å². The molecule has 2 aliphatic rings. The molecule has 28 heavy (non-hydrogen) atoms. The minimum Gasteiger partial charge on any atom is -0.380 e. The lowest BCUT2D eigenvalue weighted by Gasteiger charge is -2.32. The fraction of sp³-hybridized carbons (Fsp3) is 0.476. The van der Waals surface area contributed by atoms with Gasteiger partial charge in [-0.05, 0) is 43.0 Å². The molecule has 3 heterocycles. The van der Waals surface area contributed by atoms with Crippen LogP contribution in [0.15, 0.2) is 36.9 Å². The van der Waals surface area contributed by atoms with Gasteiger partial charge in [0.1, 0.15) is 0 Å². The number of ether oxygens (including phenoxy) is 1. The number of nitrogens with zero attached hydrogens (tertiary/aromatic N) is 4. The van der Waals surface area contributed by atoms with Gasteiger partial charge < -0.3 is 19.1 Å². The zero-order valence-electron chi connectivity index (χ0n) is 16.2. The molecule has 1 fully saturated rings. The summed E-state index contributed by atoms with van der Waals surface area (Å²) in [6.07, 6.45) is 8.39. The molecule has 1 aromatic heterocycles. The Morgan fingerprint density at radius 2 is 2.21 bits per heavy atom. The minimum atomic E-state index is 0.0237. The molecule has 1 aromatic carbocycles. The molecule has 1 atom stereocenters. The van der Waals surface area contributed by atoms with Gasteiger partial charge in [0.05, 0.1) is 12.4 Å². The Bertz CT molecular complexity index is 849. The van der Waals surface area contributed by atoms with Gasteiger partial charge in [-0.3, -0.25) is 9.59 Å². The second-order valence-corrected chi connectivity index (χ2v) is 7.50. The van der Waals surface area contributed by atoms with Crippen molar-refractivity contribution in [2.75, 3.05) is 26.7 Å². The van der Waals surface area contributed by atoms with Crippen LogP contribution in [0.1, 0.15) is 45.5 Å². The van der Waals surface area contributed by atoms with Crippen LogP contribution >= 0.6 is 0 Å². The highest BCUT2D eigenvalue weighted by molar-refractivity contribution is 6.01. The van der Waals surface area contributed by atoms with Crippen LogP contribution in [0.25, 0.3) is 0 Å². The van der Waals surface area contributed by atoms with Crippen molar-refractivity contribution < 1.29 is 14.3 Å². The second kappa shape index (κ2) is 8.14. The molecule has 0 aliphatic carbocycles. The van der Waals surface area contributed by atoms with E-state index in [9.17, 15) is 9.59 Å². The van der Waals surface area contributed by atoms with Gasteiger partial charge in [-0.2, -0.15) is 0 Å². The first-order valence-corrected chi connectivity index (χ1v) is 9.85. The number of carbonyl (C=O) groups excluding carboxylic acids is 2. The Morgan fingerprint density at radius 3 is 3.00 bits per heavy atom. The van der Waals surface area contributed by atoms with E-state index in [1.165, 1.54) is 0 Å². The molecule has 0 N–H and O–H groups in total. The second-order valence-electron chi connectivity index (χ2n) is 7.50. The number of benzene rings is 1. The summed E-state index contributed by atoms with van der Waals surface area (Å²) in [7, 11) is 1.70. The predicted octanol–water partition coefficient (Wildman–Crippen LogP) is 2.18. The Morgan fingerprint density at radius 1 is 1.32 bits per heavy atom. The fourth-order valence-electron chi connectivity index (χ4n) is 4.06. The normalized spacial score (nSPS) is 19.2. The largest absolute Gasteiger partial charge is 0.380 e. The highest BCUT2D eigenvalue weighted by Gasteiger charge is 2.29. The maximum absolute atomic E-state index is 12.9. The van der Waals surface area contributed by atoms with E-state index in [0.29, 0.717) is 30.8 Å². The van der Waals surface area contributed by atoms with Gasteiger partial charge in [-0.15, -0.1) is 0 Å². The van der Waals surface area contributed by atoms with E-state index < -0.39 is 0 Å². The van der Waals surface area contributed by atoms with Crippen molar-refractivity contribution >= 4 is 11.8 Å². The van der Waals surface area contributed by atoms with E-state index in [-0.39, 0.29) is 17.9 Å². The minimum absolute atomic E-state index is 0.0237. The van der Waals surface area contributed by atoms with Crippen LogP contribution in [0.2, 0.25) is 0 Å². The summed E-state index contributed by atoms with van der Waals surface area (Å²) < 4.78 is 7.43. The number of hydrogen-bond donors (Lipinski definition) is 0. The van der Waals surface area contributed by atoms with Gasteiger partial charge in [0.2, 0.25) is 0 Å². The molecule has 0 saturated carbocycles. The van der Waals surface area contributed by atoms with Crippen molar-refractivity contribution in [1.29, 1.82) is 0 Å². The maximum Gasteiger partial charge on any atom is 0.254 e. The Labute approximate surface area is 164 Å². The van der Waals surface area contributed by atoms with Crippen LogP contribution < -0.4 is 0 Å². The third kappa shape index (κ3) is 3.80. The number of fused-ring (bicyclic) bond motifs is 1. The molecule has 1 unspecified atom stereocenters. The van der Waals surface area contributed by atoms with Crippen LogP contribution in [0.4, 0.5) is 0 Å². The van der Waals surface area contributed by atoms with E-state index in [0.717, 1.165) is 37.9 Å². The van der Waals surface area contributed by atoms with Crippen molar-refractivity contribution in [3.63, 3.8) is 0 Å². The van der Waals surface area contributed by atoms with E-state index in [2.05, 4.69) is 4.98 Å². The van der Waals surface area contributed by atoms with E-state index in [4.69, 9.17) is 4.74 Å². The number of piperidine rings is 1. The summed E-state index contributed by atoms with van der Waals surface area (Å²) in [5, 5.41) is 0. The van der Waals surface area contributed by atoms with Crippen molar-refractivity contribution in [3.05, 3.63) is 53.6 Å². The fourth-order valence-corrected chi connectivity index (χ4v) is 4.06. The van der Waals surface area contributed by atoms with Crippen molar-refractivity contribution in [3.8, 4) is 0 Å². The number of hydrogen-bond acceptors (Lipinski definition) is 4. The third-order valence-electron chi connectivity index (χ3n) is 5.63. The van der Waals surface area contributed by atoms with E-state index in [1.807, 2.05) is 26.6 Å². The summed E-state index contributed by atoms with van der Waals surface area (Å²) in [6, 6.07) is 5.48. The maximum atomic E-state index is 12.9. The first-order valence-electron chi connectivity index (χ1n) is 9.85. The molecule has 7 heteroatoms. The smallest absolute Gasteiger partial charge is 0.254 e. The number of rotatable bonds is 6. The summed E-state index contributed by atoms with van der Waals surface area (Å²) in [5.41, 5.74) is 2.31. The molecule has 0 spiro atoms. The van der Waals surface area contributed by atoms with Crippen LogP contribution in [0.3, 0.4) is 0 Å². The van der Waals surface area contributed by atoms with Crippen LogP contribution in [-0.2, 0) is 17.8 Å². The predicted molar refractivity (Wildman–Crippen MR) is 104 cm³/mol. The molecule has 2 aromatic rings. The Hall–Kier alpha value is -2.67. The number of likely N-dealkylation sites (tertiary alicyclic amines) is 1. The zero-order valence-corrected chi connectivity index (χ0v) is 16.2. The SMILES string of the molecule is COC1CCCN(C(=O)c2ccc3c(c2)CN(CCCn2ccnc2)C3=O)C1. The number of carbonyl (C=O) groups is 2. The van der Waals surface area contributed by atoms with Crippen LogP contribution in [0, 0.1) is 0 Å². The number of amides is 2. The summed E-state index contributed by atoms with van der Waals surface area (Å²) in [4.78, 5) is 33.3. The van der Waals surface area contributed by atoms with Crippen molar-refractivity contribution in [1.82, 2.24) is 19.4 Å². The molecule has 2 aliphatic heterocycles. The number of aromatic nitrogens is 2. The lowest BCUT2D eigenvalue weighted by Crippen LogP contribution is -2.42. The Kier molecular flexibility index (Phi) is 5.43. The number of methoxy groups -OCH3 is 1. The van der Waals surface area contributed by atoms with E-state index in [1.54, 1.807) is 31.8 Å². The molecular weight excluding hydrogens is 356 g/mol. The highest BCUT2D eigenvalue weighted by atomic mass is 16.5. The Balaban J connectivity index is 1.39. The lowest BCUT2D eigenvalue weighted by molar-refractivity contribution is 0.0269. The van der Waals surface area contributed by atoms with Gasteiger partial charge in [-0.1, -0.05) is 0 Å². The molecule has 148 valence electrons. The van der Waals surface area contributed by atoms with Crippen LogP contribution in [-0.4, -0.2) is 64.0 Å².